The molecule has 0 aliphatic heterocycles. The fourth-order valence-electron chi connectivity index (χ4n) is 0.507. The Morgan fingerprint density at radius 1 is 1.12 bits per heavy atom. The van der Waals surface area contributed by atoms with Crippen molar-refractivity contribution in [2.24, 2.45) is 0 Å². The zero-order valence-corrected chi connectivity index (χ0v) is 5.22. The van der Waals surface area contributed by atoms with E-state index in [0.717, 1.165) is 18.0 Å². The van der Waals surface area contributed by atoms with E-state index >= 15 is 0 Å². The van der Waals surface area contributed by atoms with Gasteiger partial charge in [0.2, 0.25) is 0 Å². The van der Waals surface area contributed by atoms with E-state index in [1.165, 1.54) is 0 Å². The molecule has 0 aromatic heterocycles. The minimum atomic E-state index is 0.200. The predicted molar refractivity (Wildman–Crippen MR) is 30.8 cm³/mol. The van der Waals surface area contributed by atoms with Gasteiger partial charge in [-0.05, 0) is 0 Å². The van der Waals surface area contributed by atoms with Crippen molar-refractivity contribution in [3.05, 3.63) is 0 Å². The molecule has 0 saturated carbocycles. The SMILES string of the molecule is C[NH+](CCO)CCO. The number of quaternary nitrogens is 1. The molecule has 8 heavy (non-hydrogen) atoms. The molecule has 0 saturated heterocycles. The average molecular weight is 120 g/mol. The molecule has 0 atom stereocenters. The highest BCUT2D eigenvalue weighted by Crippen LogP contribution is 1.45. The third-order valence-corrected chi connectivity index (χ3v) is 1.08. The van der Waals surface area contributed by atoms with Crippen molar-refractivity contribution in [1.29, 1.82) is 0 Å². The van der Waals surface area contributed by atoms with Gasteiger partial charge in [0.1, 0.15) is 13.1 Å². The number of hydrogen-bond donors (Lipinski definition) is 3. The standard InChI is InChI=1S/C5H13NO2/c1-6(2-4-7)3-5-8/h7-8H,2-5H2,1H3/p+1. The summed E-state index contributed by atoms with van der Waals surface area (Å²) in [4.78, 5) is 1.16. The van der Waals surface area contributed by atoms with Crippen LogP contribution in [0.2, 0.25) is 0 Å². The van der Waals surface area contributed by atoms with Gasteiger partial charge in [-0.25, -0.2) is 0 Å². The zero-order valence-electron chi connectivity index (χ0n) is 5.22. The summed E-state index contributed by atoms with van der Waals surface area (Å²) in [5.41, 5.74) is 0. The largest absolute Gasteiger partial charge is 0.391 e. The molecule has 3 heteroatoms. The molecule has 0 aromatic carbocycles. The lowest BCUT2D eigenvalue weighted by atomic mass is 10.5. The summed E-state index contributed by atoms with van der Waals surface area (Å²) in [6.07, 6.45) is 0. The lowest BCUT2D eigenvalue weighted by molar-refractivity contribution is -0.880. The minimum Gasteiger partial charge on any atom is -0.391 e. The normalized spacial score (nSPS) is 10.5. The average Bonchev–Trinajstić information content (AvgIpc) is 1.68. The number of rotatable bonds is 4. The Balaban J connectivity index is 2.92. The third-order valence-electron chi connectivity index (χ3n) is 1.08. The number of aliphatic hydroxyl groups excluding tert-OH is 2. The molecule has 0 aliphatic rings. The van der Waals surface area contributed by atoms with E-state index in [2.05, 4.69) is 0 Å². The van der Waals surface area contributed by atoms with Crippen molar-refractivity contribution in [3.63, 3.8) is 0 Å². The first kappa shape index (κ1) is 7.88. The van der Waals surface area contributed by atoms with Crippen LogP contribution in [0.25, 0.3) is 0 Å². The van der Waals surface area contributed by atoms with Gasteiger partial charge in [-0.2, -0.15) is 0 Å². The second-order valence-corrected chi connectivity index (χ2v) is 1.90. The van der Waals surface area contributed by atoms with Crippen LogP contribution in [0, 0.1) is 0 Å². The molecule has 0 amide bonds. The molecule has 0 rings (SSSR count). The van der Waals surface area contributed by atoms with Crippen LogP contribution >= 0.6 is 0 Å². The van der Waals surface area contributed by atoms with Gasteiger partial charge in [-0.15, -0.1) is 0 Å². The van der Waals surface area contributed by atoms with Crippen molar-refractivity contribution >= 4 is 0 Å². The lowest BCUT2D eigenvalue weighted by Crippen LogP contribution is -3.10. The van der Waals surface area contributed by atoms with Gasteiger partial charge in [0.05, 0.1) is 20.3 Å². The van der Waals surface area contributed by atoms with Crippen LogP contribution in [-0.4, -0.2) is 43.6 Å². The second-order valence-electron chi connectivity index (χ2n) is 1.90. The highest BCUT2D eigenvalue weighted by molar-refractivity contribution is 4.20. The number of hydrogen-bond acceptors (Lipinski definition) is 2. The summed E-state index contributed by atoms with van der Waals surface area (Å²) in [7, 11) is 1.94. The van der Waals surface area contributed by atoms with Crippen LogP contribution < -0.4 is 4.90 Å². The summed E-state index contributed by atoms with van der Waals surface area (Å²) in [6, 6.07) is 0. The molecule has 3 N–H and O–H groups in total. The van der Waals surface area contributed by atoms with E-state index in [-0.39, 0.29) is 13.2 Å². The molecular formula is C5H14NO2+. The fraction of sp³-hybridized carbons (Fsp3) is 1.00. The van der Waals surface area contributed by atoms with E-state index in [1.54, 1.807) is 0 Å². The van der Waals surface area contributed by atoms with Gasteiger partial charge in [0.15, 0.2) is 0 Å². The van der Waals surface area contributed by atoms with Crippen molar-refractivity contribution in [3.8, 4) is 0 Å². The molecule has 0 aliphatic carbocycles. The van der Waals surface area contributed by atoms with Gasteiger partial charge in [0.25, 0.3) is 0 Å². The molecule has 0 spiro atoms. The van der Waals surface area contributed by atoms with Crippen molar-refractivity contribution in [2.75, 3.05) is 33.4 Å². The smallest absolute Gasteiger partial charge is 0.100 e. The summed E-state index contributed by atoms with van der Waals surface area (Å²) >= 11 is 0. The van der Waals surface area contributed by atoms with Crippen LogP contribution in [-0.2, 0) is 0 Å². The van der Waals surface area contributed by atoms with Crippen LogP contribution in [0.5, 0.6) is 0 Å². The lowest BCUT2D eigenvalue weighted by Gasteiger charge is -2.08. The van der Waals surface area contributed by atoms with E-state index in [4.69, 9.17) is 10.2 Å². The summed E-state index contributed by atoms with van der Waals surface area (Å²) in [5, 5.41) is 16.7. The van der Waals surface area contributed by atoms with Crippen LogP contribution in [0.4, 0.5) is 0 Å². The van der Waals surface area contributed by atoms with E-state index < -0.39 is 0 Å². The van der Waals surface area contributed by atoms with Gasteiger partial charge < -0.3 is 15.1 Å². The van der Waals surface area contributed by atoms with Crippen LogP contribution in [0.3, 0.4) is 0 Å². The monoisotopic (exact) mass is 120 g/mol. The molecule has 0 radical (unpaired) electrons. The number of likely N-dealkylation sites (N-methyl/N-ethyl adjacent to an activating group) is 1. The summed E-state index contributed by atoms with van der Waals surface area (Å²) in [5.74, 6) is 0. The Morgan fingerprint density at radius 2 is 1.50 bits per heavy atom. The molecular weight excluding hydrogens is 106 g/mol. The Morgan fingerprint density at radius 3 is 1.75 bits per heavy atom. The first-order valence-electron chi connectivity index (χ1n) is 2.84. The topological polar surface area (TPSA) is 44.9 Å². The van der Waals surface area contributed by atoms with Crippen LogP contribution in [0.15, 0.2) is 0 Å². The second kappa shape index (κ2) is 5.03. The molecule has 0 bridgehead atoms. The van der Waals surface area contributed by atoms with Crippen molar-refractivity contribution in [1.82, 2.24) is 0 Å². The quantitative estimate of drug-likeness (QED) is 0.383. The maximum absolute atomic E-state index is 8.36. The maximum atomic E-state index is 8.36. The van der Waals surface area contributed by atoms with Crippen molar-refractivity contribution in [2.45, 2.75) is 0 Å². The molecule has 3 nitrogen and oxygen atoms in total. The molecule has 0 aromatic rings. The molecule has 50 valence electrons. The summed E-state index contributed by atoms with van der Waals surface area (Å²) in [6.45, 7) is 1.85. The maximum Gasteiger partial charge on any atom is 0.100 e. The van der Waals surface area contributed by atoms with E-state index in [0.29, 0.717) is 0 Å². The minimum absolute atomic E-state index is 0.200. The number of aliphatic hydroxyl groups is 2. The van der Waals surface area contributed by atoms with E-state index in [9.17, 15) is 0 Å². The number of nitrogens with one attached hydrogen (secondary N) is 1. The first-order chi connectivity index (χ1) is 3.81. The van der Waals surface area contributed by atoms with Gasteiger partial charge in [0, 0.05) is 0 Å². The fourth-order valence-corrected chi connectivity index (χ4v) is 0.507. The van der Waals surface area contributed by atoms with Crippen LogP contribution in [0.1, 0.15) is 0 Å². The molecule has 0 unspecified atom stereocenters. The third kappa shape index (κ3) is 4.05. The highest BCUT2D eigenvalue weighted by atomic mass is 16.3. The molecule has 0 heterocycles. The van der Waals surface area contributed by atoms with Gasteiger partial charge >= 0.3 is 0 Å². The van der Waals surface area contributed by atoms with Gasteiger partial charge in [-0.1, -0.05) is 0 Å². The van der Waals surface area contributed by atoms with E-state index in [1.807, 2.05) is 7.05 Å². The Kier molecular flexibility index (Phi) is 4.95. The first-order valence-corrected chi connectivity index (χ1v) is 2.84. The predicted octanol–water partition coefficient (Wildman–Crippen LogP) is -2.51. The van der Waals surface area contributed by atoms with Gasteiger partial charge in [-0.3, -0.25) is 0 Å². The zero-order chi connectivity index (χ0) is 6.41. The molecule has 0 fully saturated rings. The summed E-state index contributed by atoms with van der Waals surface area (Å²) < 4.78 is 0. The Bertz CT molecular complexity index is 43.7. The Hall–Kier alpha value is -0.120. The Labute approximate surface area is 49.5 Å². The highest BCUT2D eigenvalue weighted by Gasteiger charge is 1.95. The van der Waals surface area contributed by atoms with Crippen molar-refractivity contribution < 1.29 is 15.1 Å².